The maximum atomic E-state index is 12.4. The van der Waals surface area contributed by atoms with Gasteiger partial charge in [-0.1, -0.05) is 65.7 Å². The van der Waals surface area contributed by atoms with Crippen molar-refractivity contribution < 1.29 is 4.79 Å². The molecule has 5 rings (SSSR count). The predicted octanol–water partition coefficient (Wildman–Crippen LogP) is 6.43. The van der Waals surface area contributed by atoms with E-state index in [-0.39, 0.29) is 5.91 Å². The molecule has 8 heteroatoms. The molecular formula is C23H14Cl2N4OS. The van der Waals surface area contributed by atoms with E-state index in [1.807, 2.05) is 54.6 Å². The second-order valence-electron chi connectivity index (χ2n) is 6.78. The molecule has 31 heavy (non-hydrogen) atoms. The number of carbonyl (C=O) groups is 1. The standard InChI is InChI=1S/C23H14Cl2N4OS/c24-15-7-4-8-16(25)20(15)28-23-29-22(30)19(31-23)12-13-9-10-17-18(11-13)27-21(26-17)14-5-2-1-3-6-14/h1-12H,(H,26,27)(H,28,29,30)/b19-12-. The molecule has 0 unspecified atom stereocenters. The maximum Gasteiger partial charge on any atom is 0.264 e. The molecule has 5 nitrogen and oxygen atoms in total. The third-order valence-corrected chi connectivity index (χ3v) is 6.17. The minimum atomic E-state index is -0.221. The second-order valence-corrected chi connectivity index (χ2v) is 8.63. The summed E-state index contributed by atoms with van der Waals surface area (Å²) in [6.45, 7) is 0. The van der Waals surface area contributed by atoms with Gasteiger partial charge in [0, 0.05) is 5.56 Å². The summed E-state index contributed by atoms with van der Waals surface area (Å²) in [5.41, 5.74) is 4.09. The highest BCUT2D eigenvalue weighted by Crippen LogP contribution is 2.35. The van der Waals surface area contributed by atoms with Gasteiger partial charge in [-0.05, 0) is 47.7 Å². The predicted molar refractivity (Wildman–Crippen MR) is 129 cm³/mol. The lowest BCUT2D eigenvalue weighted by molar-refractivity contribution is -0.115. The molecule has 3 aromatic carbocycles. The number of benzene rings is 3. The Morgan fingerprint density at radius 2 is 1.74 bits per heavy atom. The molecular weight excluding hydrogens is 451 g/mol. The molecule has 1 aliphatic rings. The van der Waals surface area contributed by atoms with Crippen molar-refractivity contribution in [3.63, 3.8) is 0 Å². The van der Waals surface area contributed by atoms with E-state index in [4.69, 9.17) is 23.2 Å². The van der Waals surface area contributed by atoms with Gasteiger partial charge >= 0.3 is 0 Å². The summed E-state index contributed by atoms with van der Waals surface area (Å²) in [4.78, 5) is 25.4. The Morgan fingerprint density at radius 3 is 2.52 bits per heavy atom. The lowest BCUT2D eigenvalue weighted by Gasteiger charge is -2.01. The number of amidine groups is 1. The van der Waals surface area contributed by atoms with E-state index < -0.39 is 0 Å². The Bertz CT molecular complexity index is 1360. The molecule has 0 spiro atoms. The van der Waals surface area contributed by atoms with Crippen LogP contribution in [0.1, 0.15) is 5.56 Å². The smallest absolute Gasteiger partial charge is 0.264 e. The second kappa shape index (κ2) is 8.23. The summed E-state index contributed by atoms with van der Waals surface area (Å²) in [6, 6.07) is 20.9. The number of aromatic amines is 1. The molecule has 4 aromatic rings. The number of nitrogens with zero attached hydrogens (tertiary/aromatic N) is 2. The molecule has 1 aliphatic heterocycles. The number of fused-ring (bicyclic) bond motifs is 1. The van der Waals surface area contributed by atoms with Gasteiger partial charge in [0.2, 0.25) is 0 Å². The molecule has 0 radical (unpaired) electrons. The van der Waals surface area contributed by atoms with Crippen LogP contribution in [0.5, 0.6) is 0 Å². The molecule has 1 aromatic heterocycles. The average Bonchev–Trinajstić information content (AvgIpc) is 3.34. The molecule has 1 fully saturated rings. The Morgan fingerprint density at radius 1 is 0.968 bits per heavy atom. The van der Waals surface area contributed by atoms with Crippen molar-refractivity contribution in [1.82, 2.24) is 15.3 Å². The first-order chi connectivity index (χ1) is 15.1. The topological polar surface area (TPSA) is 70.1 Å². The largest absolute Gasteiger partial charge is 0.338 e. The average molecular weight is 465 g/mol. The van der Waals surface area contributed by atoms with E-state index in [9.17, 15) is 4.79 Å². The number of nitrogens with one attached hydrogen (secondary N) is 2. The first kappa shape index (κ1) is 19.9. The van der Waals surface area contributed by atoms with Gasteiger partial charge in [-0.2, -0.15) is 0 Å². The van der Waals surface area contributed by atoms with Crippen molar-refractivity contribution in [1.29, 1.82) is 0 Å². The fourth-order valence-corrected chi connectivity index (χ4v) is 4.49. The van der Waals surface area contributed by atoms with Gasteiger partial charge in [0.1, 0.15) is 11.5 Å². The molecule has 2 heterocycles. The van der Waals surface area contributed by atoms with E-state index in [1.165, 1.54) is 11.8 Å². The molecule has 0 saturated carbocycles. The number of hydrogen-bond acceptors (Lipinski definition) is 4. The highest BCUT2D eigenvalue weighted by Gasteiger charge is 2.24. The van der Waals surface area contributed by atoms with Crippen molar-refractivity contribution in [3.05, 3.63) is 87.2 Å². The van der Waals surface area contributed by atoms with Gasteiger partial charge in [0.15, 0.2) is 5.17 Å². The van der Waals surface area contributed by atoms with Crippen LogP contribution in [0.4, 0.5) is 5.69 Å². The lowest BCUT2D eigenvalue weighted by atomic mass is 10.2. The van der Waals surface area contributed by atoms with Crippen molar-refractivity contribution in [2.24, 2.45) is 4.99 Å². The van der Waals surface area contributed by atoms with E-state index >= 15 is 0 Å². The lowest BCUT2D eigenvalue weighted by Crippen LogP contribution is -2.19. The SMILES string of the molecule is O=C1N/C(=N/c2c(Cl)cccc2Cl)S/C1=C\c1ccc2nc(-c3ccccc3)[nH]c2c1. The minimum Gasteiger partial charge on any atom is -0.338 e. The number of carbonyl (C=O) groups excluding carboxylic acids is 1. The van der Waals surface area contributed by atoms with E-state index in [1.54, 1.807) is 18.2 Å². The Labute approximate surface area is 192 Å². The van der Waals surface area contributed by atoms with Gasteiger partial charge in [0.25, 0.3) is 5.91 Å². The first-order valence-electron chi connectivity index (χ1n) is 9.35. The van der Waals surface area contributed by atoms with Crippen molar-refractivity contribution in [2.75, 3.05) is 0 Å². The van der Waals surface area contributed by atoms with Crippen LogP contribution in [0.2, 0.25) is 10.0 Å². The zero-order valence-electron chi connectivity index (χ0n) is 15.9. The fourth-order valence-electron chi connectivity index (χ4n) is 3.18. The highest BCUT2D eigenvalue weighted by molar-refractivity contribution is 8.18. The zero-order valence-corrected chi connectivity index (χ0v) is 18.2. The Balaban J connectivity index is 1.43. The minimum absolute atomic E-state index is 0.221. The fraction of sp³-hybridized carbons (Fsp3) is 0. The number of rotatable bonds is 3. The van der Waals surface area contributed by atoms with Crippen molar-refractivity contribution in [2.45, 2.75) is 0 Å². The molecule has 2 N–H and O–H groups in total. The normalized spacial score (nSPS) is 16.4. The van der Waals surface area contributed by atoms with Crippen molar-refractivity contribution >= 4 is 68.8 Å². The number of para-hydroxylation sites is 1. The van der Waals surface area contributed by atoms with Crippen LogP contribution in [-0.2, 0) is 4.79 Å². The Kier molecular flexibility index (Phi) is 5.28. The molecule has 0 atom stereocenters. The van der Waals surface area contributed by atoms with Crippen LogP contribution in [-0.4, -0.2) is 21.0 Å². The third-order valence-electron chi connectivity index (χ3n) is 4.65. The summed E-state index contributed by atoms with van der Waals surface area (Å²) in [7, 11) is 0. The molecule has 1 amide bonds. The highest BCUT2D eigenvalue weighted by atomic mass is 35.5. The van der Waals surface area contributed by atoms with Crippen LogP contribution in [0, 0.1) is 0 Å². The van der Waals surface area contributed by atoms with Gasteiger partial charge in [-0.3, -0.25) is 4.79 Å². The number of aliphatic imine (C=N–C) groups is 1. The zero-order chi connectivity index (χ0) is 21.4. The van der Waals surface area contributed by atoms with Crippen LogP contribution in [0.15, 0.2) is 76.6 Å². The maximum absolute atomic E-state index is 12.4. The summed E-state index contributed by atoms with van der Waals surface area (Å²) >= 11 is 13.6. The Hall–Kier alpha value is -3.06. The molecule has 0 aliphatic carbocycles. The number of amides is 1. The van der Waals surface area contributed by atoms with Crippen molar-refractivity contribution in [3.8, 4) is 11.4 Å². The van der Waals surface area contributed by atoms with Crippen LogP contribution in [0.25, 0.3) is 28.5 Å². The van der Waals surface area contributed by atoms with Gasteiger partial charge in [0.05, 0.1) is 26.0 Å². The summed E-state index contributed by atoms with van der Waals surface area (Å²) < 4.78 is 0. The number of thioether (sulfide) groups is 1. The van der Waals surface area contributed by atoms with E-state index in [0.29, 0.717) is 25.8 Å². The number of H-pyrrole nitrogens is 1. The van der Waals surface area contributed by atoms with E-state index in [2.05, 4.69) is 20.3 Å². The molecule has 0 bridgehead atoms. The summed E-state index contributed by atoms with van der Waals surface area (Å²) in [5.74, 6) is 0.584. The van der Waals surface area contributed by atoms with Crippen LogP contribution < -0.4 is 5.32 Å². The first-order valence-corrected chi connectivity index (χ1v) is 10.9. The number of imidazole rings is 1. The van der Waals surface area contributed by atoms with E-state index in [0.717, 1.165) is 28.0 Å². The number of halogens is 2. The summed E-state index contributed by atoms with van der Waals surface area (Å²) in [6.07, 6.45) is 1.82. The monoisotopic (exact) mass is 464 g/mol. The molecule has 152 valence electrons. The van der Waals surface area contributed by atoms with Crippen LogP contribution >= 0.6 is 35.0 Å². The third kappa shape index (κ3) is 4.10. The summed E-state index contributed by atoms with van der Waals surface area (Å²) in [5, 5.41) is 4.03. The number of hydrogen-bond donors (Lipinski definition) is 2. The quantitative estimate of drug-likeness (QED) is 0.343. The van der Waals surface area contributed by atoms with Gasteiger partial charge in [-0.25, -0.2) is 9.98 Å². The van der Waals surface area contributed by atoms with Crippen LogP contribution in [0.3, 0.4) is 0 Å². The number of aromatic nitrogens is 2. The van der Waals surface area contributed by atoms with Gasteiger partial charge in [-0.15, -0.1) is 0 Å². The molecule has 1 saturated heterocycles. The van der Waals surface area contributed by atoms with Gasteiger partial charge < -0.3 is 10.3 Å².